The SMILES string of the molecule is COC(=O)Nc1ccc(CNC(=O)Nc2ccc(CC(=O)N3CCSCC3)cc2)cc1. The molecule has 1 saturated heterocycles. The van der Waals surface area contributed by atoms with Crippen molar-refractivity contribution in [2.75, 3.05) is 42.3 Å². The van der Waals surface area contributed by atoms with Crippen molar-refractivity contribution in [3.63, 3.8) is 0 Å². The number of methoxy groups -OCH3 is 1. The first-order chi connectivity index (χ1) is 15.0. The maximum Gasteiger partial charge on any atom is 0.411 e. The van der Waals surface area contributed by atoms with E-state index in [1.807, 2.05) is 28.8 Å². The van der Waals surface area contributed by atoms with Crippen LogP contribution in [0.4, 0.5) is 21.0 Å². The Morgan fingerprint density at radius 3 is 2.10 bits per heavy atom. The van der Waals surface area contributed by atoms with Crippen LogP contribution in [-0.2, 0) is 22.5 Å². The summed E-state index contributed by atoms with van der Waals surface area (Å²) in [4.78, 5) is 37.6. The molecule has 1 aliphatic heterocycles. The minimum Gasteiger partial charge on any atom is -0.453 e. The monoisotopic (exact) mass is 442 g/mol. The van der Waals surface area contributed by atoms with E-state index in [2.05, 4.69) is 20.7 Å². The predicted molar refractivity (Wildman–Crippen MR) is 122 cm³/mol. The highest BCUT2D eigenvalue weighted by Gasteiger charge is 2.16. The van der Waals surface area contributed by atoms with Crippen LogP contribution in [0, 0.1) is 0 Å². The molecule has 0 bridgehead atoms. The normalized spacial score (nSPS) is 13.3. The molecule has 164 valence electrons. The van der Waals surface area contributed by atoms with Crippen LogP contribution in [0.1, 0.15) is 11.1 Å². The molecule has 0 aliphatic carbocycles. The number of carbonyl (C=O) groups excluding carboxylic acids is 3. The van der Waals surface area contributed by atoms with E-state index in [1.165, 1.54) is 7.11 Å². The van der Waals surface area contributed by atoms with Crippen LogP contribution < -0.4 is 16.0 Å². The van der Waals surface area contributed by atoms with Crippen molar-refractivity contribution in [3.05, 3.63) is 59.7 Å². The summed E-state index contributed by atoms with van der Waals surface area (Å²) in [7, 11) is 1.30. The highest BCUT2D eigenvalue weighted by molar-refractivity contribution is 7.99. The Hall–Kier alpha value is -3.20. The Balaban J connectivity index is 1.43. The number of hydrogen-bond donors (Lipinski definition) is 3. The first kappa shape index (κ1) is 22.5. The average Bonchev–Trinajstić information content (AvgIpc) is 2.80. The van der Waals surface area contributed by atoms with Gasteiger partial charge in [0.15, 0.2) is 0 Å². The zero-order chi connectivity index (χ0) is 22.1. The molecule has 4 amide bonds. The van der Waals surface area contributed by atoms with Crippen LogP contribution in [0.2, 0.25) is 0 Å². The Labute approximate surface area is 185 Å². The molecule has 2 aromatic carbocycles. The molecule has 9 heteroatoms. The lowest BCUT2D eigenvalue weighted by Crippen LogP contribution is -2.38. The van der Waals surface area contributed by atoms with Gasteiger partial charge in [0.2, 0.25) is 5.91 Å². The minimum absolute atomic E-state index is 0.145. The van der Waals surface area contributed by atoms with Crippen LogP contribution in [0.5, 0.6) is 0 Å². The van der Waals surface area contributed by atoms with Gasteiger partial charge in [0.1, 0.15) is 0 Å². The highest BCUT2D eigenvalue weighted by Crippen LogP contribution is 2.14. The molecule has 31 heavy (non-hydrogen) atoms. The topological polar surface area (TPSA) is 99.8 Å². The van der Waals surface area contributed by atoms with Crippen molar-refractivity contribution in [1.82, 2.24) is 10.2 Å². The number of thioether (sulfide) groups is 1. The molecule has 0 saturated carbocycles. The van der Waals surface area contributed by atoms with E-state index in [0.717, 1.165) is 35.7 Å². The molecule has 3 N–H and O–H groups in total. The number of urea groups is 1. The van der Waals surface area contributed by atoms with Gasteiger partial charge in [-0.1, -0.05) is 24.3 Å². The number of ether oxygens (including phenoxy) is 1. The van der Waals surface area contributed by atoms with Gasteiger partial charge in [-0.25, -0.2) is 9.59 Å². The summed E-state index contributed by atoms with van der Waals surface area (Å²) < 4.78 is 4.54. The predicted octanol–water partition coefficient (Wildman–Crippen LogP) is 3.30. The lowest BCUT2D eigenvalue weighted by atomic mass is 10.1. The van der Waals surface area contributed by atoms with Crippen molar-refractivity contribution in [2.45, 2.75) is 13.0 Å². The van der Waals surface area contributed by atoms with Gasteiger partial charge in [-0.15, -0.1) is 0 Å². The number of nitrogens with zero attached hydrogens (tertiary/aromatic N) is 1. The Morgan fingerprint density at radius 1 is 0.903 bits per heavy atom. The van der Waals surface area contributed by atoms with Crippen LogP contribution in [0.3, 0.4) is 0 Å². The van der Waals surface area contributed by atoms with Crippen molar-refractivity contribution in [3.8, 4) is 0 Å². The molecule has 2 aromatic rings. The fourth-order valence-electron chi connectivity index (χ4n) is 3.04. The summed E-state index contributed by atoms with van der Waals surface area (Å²) in [5, 5.41) is 8.13. The standard InChI is InChI=1S/C22H26N4O4S/c1-30-22(29)25-19-8-4-17(5-9-19)15-23-21(28)24-18-6-2-16(3-7-18)14-20(27)26-10-12-31-13-11-26/h2-9H,10-15H2,1H3,(H,25,29)(H2,23,24,28). The second-order valence-corrected chi connectivity index (χ2v) is 8.21. The molecule has 1 fully saturated rings. The third-order valence-electron chi connectivity index (χ3n) is 4.77. The zero-order valence-corrected chi connectivity index (χ0v) is 18.2. The van der Waals surface area contributed by atoms with Gasteiger partial charge in [-0.2, -0.15) is 11.8 Å². The van der Waals surface area contributed by atoms with Crippen molar-refractivity contribution >= 4 is 41.2 Å². The largest absolute Gasteiger partial charge is 0.453 e. The summed E-state index contributed by atoms with van der Waals surface area (Å²) >= 11 is 1.88. The third kappa shape index (κ3) is 7.21. The van der Waals surface area contributed by atoms with Gasteiger partial charge < -0.3 is 20.3 Å². The van der Waals surface area contributed by atoms with Crippen molar-refractivity contribution in [1.29, 1.82) is 0 Å². The number of benzene rings is 2. The fraction of sp³-hybridized carbons (Fsp3) is 0.318. The first-order valence-corrected chi connectivity index (χ1v) is 11.1. The third-order valence-corrected chi connectivity index (χ3v) is 5.71. The number of anilines is 2. The molecule has 0 spiro atoms. The van der Waals surface area contributed by atoms with Crippen molar-refractivity contribution < 1.29 is 19.1 Å². The maximum absolute atomic E-state index is 12.3. The number of hydrogen-bond acceptors (Lipinski definition) is 5. The summed E-state index contributed by atoms with van der Waals surface area (Å²) in [6.45, 7) is 1.96. The fourth-order valence-corrected chi connectivity index (χ4v) is 3.94. The van der Waals surface area contributed by atoms with Crippen LogP contribution >= 0.6 is 11.8 Å². The summed E-state index contributed by atoms with van der Waals surface area (Å²) in [5.74, 6) is 2.14. The molecule has 8 nitrogen and oxygen atoms in total. The number of carbonyl (C=O) groups is 3. The summed E-state index contributed by atoms with van der Waals surface area (Å²) in [6, 6.07) is 14.0. The first-order valence-electron chi connectivity index (χ1n) is 9.97. The smallest absolute Gasteiger partial charge is 0.411 e. The zero-order valence-electron chi connectivity index (χ0n) is 17.3. The average molecular weight is 443 g/mol. The van der Waals surface area contributed by atoms with Gasteiger partial charge in [-0.3, -0.25) is 10.1 Å². The van der Waals surface area contributed by atoms with Gasteiger partial charge in [0.25, 0.3) is 0 Å². The van der Waals surface area contributed by atoms with E-state index in [9.17, 15) is 14.4 Å². The Bertz CT molecular complexity index is 897. The lowest BCUT2D eigenvalue weighted by Gasteiger charge is -2.26. The number of rotatable bonds is 6. The molecule has 0 unspecified atom stereocenters. The second kappa shape index (κ2) is 11.3. The molecule has 1 aliphatic rings. The van der Waals surface area contributed by atoms with E-state index in [1.54, 1.807) is 36.4 Å². The summed E-state index contributed by atoms with van der Waals surface area (Å²) in [6.07, 6.45) is -0.163. The minimum atomic E-state index is -0.536. The Kier molecular flexibility index (Phi) is 8.17. The van der Waals surface area contributed by atoms with Gasteiger partial charge in [-0.05, 0) is 35.4 Å². The molecular weight excluding hydrogens is 416 g/mol. The lowest BCUT2D eigenvalue weighted by molar-refractivity contribution is -0.130. The van der Waals surface area contributed by atoms with Gasteiger partial charge in [0, 0.05) is 42.5 Å². The van der Waals surface area contributed by atoms with E-state index >= 15 is 0 Å². The molecular formula is C22H26N4O4S. The molecule has 1 heterocycles. The Morgan fingerprint density at radius 2 is 1.48 bits per heavy atom. The van der Waals surface area contributed by atoms with Crippen LogP contribution in [-0.4, -0.2) is 54.6 Å². The number of amides is 4. The van der Waals surface area contributed by atoms with Crippen LogP contribution in [0.15, 0.2) is 48.5 Å². The molecule has 0 atom stereocenters. The summed E-state index contributed by atoms with van der Waals surface area (Å²) in [5.41, 5.74) is 3.07. The van der Waals surface area contributed by atoms with E-state index in [-0.39, 0.29) is 11.9 Å². The quantitative estimate of drug-likeness (QED) is 0.637. The highest BCUT2D eigenvalue weighted by atomic mass is 32.2. The van der Waals surface area contributed by atoms with Crippen molar-refractivity contribution in [2.24, 2.45) is 0 Å². The van der Waals surface area contributed by atoms with Gasteiger partial charge >= 0.3 is 12.1 Å². The van der Waals surface area contributed by atoms with Crippen LogP contribution in [0.25, 0.3) is 0 Å². The van der Waals surface area contributed by atoms with E-state index < -0.39 is 6.09 Å². The molecule has 0 aromatic heterocycles. The van der Waals surface area contributed by atoms with Gasteiger partial charge in [0.05, 0.1) is 13.5 Å². The molecule has 0 radical (unpaired) electrons. The second-order valence-electron chi connectivity index (χ2n) is 6.99. The van der Waals surface area contributed by atoms with E-state index in [4.69, 9.17) is 0 Å². The maximum atomic E-state index is 12.3. The molecule has 3 rings (SSSR count). The number of nitrogens with one attached hydrogen (secondary N) is 3. The van der Waals surface area contributed by atoms with E-state index in [0.29, 0.717) is 24.3 Å².